The summed E-state index contributed by atoms with van der Waals surface area (Å²) in [6.45, 7) is 2.18. The van der Waals surface area contributed by atoms with E-state index in [9.17, 15) is 41.7 Å². The maximum Gasteiger partial charge on any atom is 0.476 e. The smallest absolute Gasteiger partial charge is 0.459 e. The van der Waals surface area contributed by atoms with Crippen LogP contribution in [-0.2, 0) is 116 Å². The number of rotatable bonds is 29. The summed E-state index contributed by atoms with van der Waals surface area (Å²) in [6, 6.07) is 50.6. The molecule has 0 aliphatic carbocycles. The summed E-state index contributed by atoms with van der Waals surface area (Å²) in [7, 11) is -10.4. The maximum absolute atomic E-state index is 15.6. The number of aryl methyl sites for hydroxylation is 3. The van der Waals surface area contributed by atoms with Crippen LogP contribution < -0.4 is 5.32 Å². The van der Waals surface area contributed by atoms with E-state index in [1.165, 1.54) is 36.4 Å². The lowest BCUT2D eigenvalue weighted by atomic mass is 9.97. The van der Waals surface area contributed by atoms with Gasteiger partial charge < -0.3 is 52.7 Å². The van der Waals surface area contributed by atoms with Crippen molar-refractivity contribution >= 4 is 54.2 Å². The molecule has 0 bridgehead atoms. The van der Waals surface area contributed by atoms with Gasteiger partial charge in [-0.1, -0.05) is 174 Å². The Morgan fingerprint density at radius 2 is 0.958 bits per heavy atom. The number of esters is 5. The van der Waals surface area contributed by atoms with Gasteiger partial charge in [-0.05, 0) is 79.4 Å². The van der Waals surface area contributed by atoms with Crippen LogP contribution in [0.3, 0.4) is 0 Å². The second kappa shape index (κ2) is 34.1. The van der Waals surface area contributed by atoms with Gasteiger partial charge in [-0.2, -0.15) is 8.42 Å². The average Bonchev–Trinajstić information content (AvgIpc) is 0.771. The van der Waals surface area contributed by atoms with E-state index in [4.69, 9.17) is 65.1 Å². The van der Waals surface area contributed by atoms with E-state index in [0.29, 0.717) is 22.3 Å². The molecule has 0 saturated carbocycles. The van der Waals surface area contributed by atoms with Gasteiger partial charge in [-0.15, -0.1) is 0 Å². The molecule has 506 valence electrons. The molecule has 0 radical (unpaired) electrons. The first-order chi connectivity index (χ1) is 46.1. The van der Waals surface area contributed by atoms with Crippen molar-refractivity contribution in [2.45, 2.75) is 115 Å². The summed E-state index contributed by atoms with van der Waals surface area (Å²) < 4.78 is 135. The molecule has 2 saturated heterocycles. The zero-order valence-corrected chi connectivity index (χ0v) is 54.1. The number of carbonyl (C=O) groups is 6. The first kappa shape index (κ1) is 71.3. The van der Waals surface area contributed by atoms with Crippen molar-refractivity contribution in [3.8, 4) is 0 Å². The molecule has 0 spiro atoms. The average molecular weight is 1360 g/mol. The van der Waals surface area contributed by atoms with Crippen LogP contribution in [0.2, 0.25) is 0 Å². The van der Waals surface area contributed by atoms with Crippen molar-refractivity contribution in [3.63, 3.8) is 0 Å². The highest BCUT2D eigenvalue weighted by atomic mass is 32.3. The summed E-state index contributed by atoms with van der Waals surface area (Å²) in [5.41, 5.74) is 4.23. The van der Waals surface area contributed by atoms with E-state index in [-0.39, 0.29) is 29.9 Å². The number of nitrogens with one attached hydrogen (secondary N) is 1. The largest absolute Gasteiger partial charge is 0.476 e. The van der Waals surface area contributed by atoms with Crippen molar-refractivity contribution in [2.24, 2.45) is 0 Å². The molecule has 96 heavy (non-hydrogen) atoms. The van der Waals surface area contributed by atoms with Gasteiger partial charge in [-0.25, -0.2) is 32.7 Å². The van der Waals surface area contributed by atoms with Crippen molar-refractivity contribution in [1.82, 2.24) is 5.32 Å². The van der Waals surface area contributed by atoms with Gasteiger partial charge in [0.1, 0.15) is 25.4 Å². The zero-order valence-electron chi connectivity index (χ0n) is 52.4. The van der Waals surface area contributed by atoms with Crippen LogP contribution in [0.15, 0.2) is 194 Å². The van der Waals surface area contributed by atoms with Crippen LogP contribution in [0.25, 0.3) is 0 Å². The Kier molecular flexibility index (Phi) is 25.3. The monoisotopic (exact) mass is 1360 g/mol. The number of alkyl carbamates (subject to hydrolysis) is 1. The topological polar surface area (TPSA) is 315 Å². The predicted molar refractivity (Wildman–Crippen MR) is 338 cm³/mol. The van der Waals surface area contributed by atoms with Crippen LogP contribution in [0.5, 0.6) is 0 Å². The Morgan fingerprint density at radius 3 is 1.41 bits per heavy atom. The third-order valence-corrected chi connectivity index (χ3v) is 16.5. The first-order valence-electron chi connectivity index (χ1n) is 30.1. The molecule has 9 rings (SSSR count). The number of phosphoric acid groups is 1. The van der Waals surface area contributed by atoms with Gasteiger partial charge in [0.2, 0.25) is 0 Å². The number of benzene rings is 7. The molecule has 7 aromatic rings. The van der Waals surface area contributed by atoms with E-state index in [0.717, 1.165) is 23.6 Å². The molecule has 2 aliphatic rings. The quantitative estimate of drug-likeness (QED) is 0.0191. The summed E-state index contributed by atoms with van der Waals surface area (Å²) in [4.78, 5) is 84.8. The Bertz CT molecular complexity index is 3830. The highest BCUT2D eigenvalue weighted by molar-refractivity contribution is 7.80. The van der Waals surface area contributed by atoms with Crippen molar-refractivity contribution < 1.29 is 111 Å². The molecule has 27 heteroatoms. The minimum absolute atomic E-state index is 0.0522. The van der Waals surface area contributed by atoms with Crippen LogP contribution in [0, 0.1) is 20.8 Å². The fraction of sp³-hybridized carbons (Fsp3) is 0.304. The Labute approximate surface area is 553 Å². The van der Waals surface area contributed by atoms with Gasteiger partial charge >= 0.3 is 54.2 Å². The Hall–Kier alpha value is -9.02. The molecular weight excluding hydrogens is 1290 g/mol. The molecule has 2 N–H and O–H groups in total. The van der Waals surface area contributed by atoms with Crippen molar-refractivity contribution in [1.29, 1.82) is 0 Å². The number of phosphoric ester groups is 1. The van der Waals surface area contributed by atoms with E-state index in [1.807, 2.05) is 0 Å². The molecule has 25 nitrogen and oxygen atoms in total. The van der Waals surface area contributed by atoms with Gasteiger partial charge in [-0.3, -0.25) is 22.9 Å². The molecule has 2 aliphatic heterocycles. The van der Waals surface area contributed by atoms with Crippen LogP contribution in [0.4, 0.5) is 4.79 Å². The number of amides is 1. The molecule has 0 aromatic heterocycles. The standard InChI is InChI=1S/C69H70NO24PS/c1-44-25-31-52(32-26-44)63(72)91-58-57(43-87-96(78,79)80)90-68(61(93-65(74)54-35-29-46(3)30-36-54)60(58)92-64(73)53-33-27-45(2)28-34-53)89-56-42-83-67(82-41-55(66(75)81-37-48-17-9-5-10-18-48)70-69(76)84-38-49-19-11-6-12-20-49)62(59(56)88-47(4)71)94-95(77,85-39-50-21-13-7-14-22-50)86-40-51-23-15-8-16-24-51/h5-36,55-62,67-68H,37-43H2,1-4H3,(H,70,76)(H,78,79,80)/t55-,56+,57+,58-,59-,60-,61+,62+,67+,68+/m0/s1. The Morgan fingerprint density at radius 1 is 0.531 bits per heavy atom. The molecule has 0 unspecified atom stereocenters. The summed E-state index contributed by atoms with van der Waals surface area (Å²) in [5, 5.41) is 2.46. The SMILES string of the molecule is CC(=O)O[C@@H]1[C@@H](OP(=O)(OCc2ccccc2)OCc2ccccc2)[C@H](OC[C@H](NC(=O)OCc2ccccc2)C(=O)OCc2ccccc2)OC[C@H]1O[C@@H]1O[C@H](COS(=O)(=O)O)[C@H](OC(=O)c2ccc(C)cc2)[C@H](OC(=O)c2ccc(C)cc2)[C@H]1OC(=O)c1ccc(C)cc1. The lowest BCUT2D eigenvalue weighted by molar-refractivity contribution is -0.340. The lowest BCUT2D eigenvalue weighted by Crippen LogP contribution is -2.65. The molecule has 7 aromatic carbocycles. The van der Waals surface area contributed by atoms with E-state index in [1.54, 1.807) is 178 Å². The first-order valence-corrected chi connectivity index (χ1v) is 33.0. The number of carbonyl (C=O) groups excluding carboxylic acids is 6. The van der Waals surface area contributed by atoms with E-state index >= 15 is 4.57 Å². The molecule has 10 atom stereocenters. The minimum Gasteiger partial charge on any atom is -0.459 e. The molecular formula is C69H70NO24PS. The van der Waals surface area contributed by atoms with Gasteiger partial charge in [0.05, 0.1) is 49.7 Å². The number of hydrogen-bond acceptors (Lipinski definition) is 23. The van der Waals surface area contributed by atoms with E-state index < -0.39 is 149 Å². The highest BCUT2D eigenvalue weighted by Gasteiger charge is 2.57. The van der Waals surface area contributed by atoms with Gasteiger partial charge in [0.15, 0.2) is 49.1 Å². The van der Waals surface area contributed by atoms with Crippen molar-refractivity contribution in [3.05, 3.63) is 250 Å². The molecule has 1 amide bonds. The fourth-order valence-electron chi connectivity index (χ4n) is 9.74. The van der Waals surface area contributed by atoms with Crippen LogP contribution in [-0.4, -0.2) is 130 Å². The summed E-state index contributed by atoms with van der Waals surface area (Å²) >= 11 is 0. The third-order valence-electron chi connectivity index (χ3n) is 14.7. The fourth-order valence-corrected chi connectivity index (χ4v) is 11.4. The van der Waals surface area contributed by atoms with E-state index in [2.05, 4.69) is 5.32 Å². The second-order valence-electron chi connectivity index (χ2n) is 22.1. The number of ether oxygens (including phenoxy) is 10. The van der Waals surface area contributed by atoms with Gasteiger partial charge in [0, 0.05) is 6.92 Å². The molecule has 2 fully saturated rings. The number of hydrogen-bond donors (Lipinski definition) is 2. The minimum atomic E-state index is -5.36. The second-order valence-corrected chi connectivity index (χ2v) is 24.8. The lowest BCUT2D eigenvalue weighted by Gasteiger charge is -2.47. The summed E-state index contributed by atoms with van der Waals surface area (Å²) in [5.74, 6) is -5.35. The van der Waals surface area contributed by atoms with Crippen LogP contribution >= 0.6 is 7.82 Å². The zero-order chi connectivity index (χ0) is 68.2. The van der Waals surface area contributed by atoms with Crippen LogP contribution in [0.1, 0.15) is 76.9 Å². The maximum atomic E-state index is 15.6. The predicted octanol–water partition coefficient (Wildman–Crippen LogP) is 9.79. The normalized spacial score (nSPS) is 20.5. The molecule has 2 heterocycles. The van der Waals surface area contributed by atoms with Gasteiger partial charge in [0.25, 0.3) is 0 Å². The van der Waals surface area contributed by atoms with Crippen molar-refractivity contribution in [2.75, 3.05) is 19.8 Å². The highest BCUT2D eigenvalue weighted by Crippen LogP contribution is 2.54. The third kappa shape index (κ3) is 21.2. The summed E-state index contributed by atoms with van der Waals surface area (Å²) in [6.07, 6.45) is -19.2. The Balaban J connectivity index is 1.13.